The topological polar surface area (TPSA) is 75.2 Å². The van der Waals surface area contributed by atoms with Crippen molar-refractivity contribution in [2.75, 3.05) is 14.2 Å². The molecule has 0 aliphatic heterocycles. The summed E-state index contributed by atoms with van der Waals surface area (Å²) in [6.45, 7) is 0. The standard InChI is InChI=1S/C21H20N4O3/c1-25-19(7-8-22-25)15-5-4-6-16(12-15)21-23-20(28-24-21)11-14-9-17(26-2)13-18(10-14)27-3/h4-10,12-13H,11H2,1-3H3. The van der Waals surface area contributed by atoms with Gasteiger partial charge < -0.3 is 14.0 Å². The molecule has 0 saturated carbocycles. The van der Waals surface area contributed by atoms with Crippen molar-refractivity contribution in [1.29, 1.82) is 0 Å². The second-order valence-electron chi connectivity index (χ2n) is 6.33. The minimum Gasteiger partial charge on any atom is -0.497 e. The lowest BCUT2D eigenvalue weighted by atomic mass is 10.1. The first-order chi connectivity index (χ1) is 13.7. The van der Waals surface area contributed by atoms with Crippen LogP contribution in [0.3, 0.4) is 0 Å². The minimum atomic E-state index is 0.488. The number of hydrogen-bond donors (Lipinski definition) is 0. The molecule has 0 saturated heterocycles. The van der Waals surface area contributed by atoms with Gasteiger partial charge in [0, 0.05) is 30.4 Å². The van der Waals surface area contributed by atoms with Gasteiger partial charge in [0.15, 0.2) is 0 Å². The number of benzene rings is 2. The number of rotatable bonds is 6. The predicted octanol–water partition coefficient (Wildman–Crippen LogP) is 3.75. The molecule has 0 fully saturated rings. The first-order valence-corrected chi connectivity index (χ1v) is 8.79. The summed E-state index contributed by atoms with van der Waals surface area (Å²) in [7, 11) is 5.16. The normalized spacial score (nSPS) is 10.8. The van der Waals surface area contributed by atoms with Crippen LogP contribution in [0.15, 0.2) is 59.3 Å². The van der Waals surface area contributed by atoms with Gasteiger partial charge >= 0.3 is 0 Å². The molecule has 28 heavy (non-hydrogen) atoms. The van der Waals surface area contributed by atoms with E-state index in [1.165, 1.54) is 0 Å². The lowest BCUT2D eigenvalue weighted by molar-refractivity contribution is 0.382. The van der Waals surface area contributed by atoms with Crippen LogP contribution in [0, 0.1) is 0 Å². The van der Waals surface area contributed by atoms with E-state index in [0.717, 1.165) is 33.9 Å². The Balaban J connectivity index is 1.59. The third kappa shape index (κ3) is 3.59. The van der Waals surface area contributed by atoms with Crippen molar-refractivity contribution in [1.82, 2.24) is 19.9 Å². The Bertz CT molecular complexity index is 1080. The molecule has 142 valence electrons. The van der Waals surface area contributed by atoms with Gasteiger partial charge in [0.25, 0.3) is 0 Å². The molecule has 0 bridgehead atoms. The Morgan fingerprint density at radius 3 is 2.39 bits per heavy atom. The fourth-order valence-corrected chi connectivity index (χ4v) is 3.06. The van der Waals surface area contributed by atoms with Gasteiger partial charge in [-0.2, -0.15) is 10.1 Å². The third-order valence-electron chi connectivity index (χ3n) is 4.47. The van der Waals surface area contributed by atoms with E-state index in [0.29, 0.717) is 18.1 Å². The zero-order chi connectivity index (χ0) is 19.5. The van der Waals surface area contributed by atoms with Gasteiger partial charge in [0.2, 0.25) is 11.7 Å². The number of aromatic nitrogens is 4. The van der Waals surface area contributed by atoms with Gasteiger partial charge in [-0.3, -0.25) is 4.68 Å². The van der Waals surface area contributed by atoms with Crippen molar-refractivity contribution in [3.63, 3.8) is 0 Å². The molecule has 0 unspecified atom stereocenters. The van der Waals surface area contributed by atoms with Crippen molar-refractivity contribution in [3.05, 3.63) is 66.2 Å². The van der Waals surface area contributed by atoms with Crippen molar-refractivity contribution in [2.24, 2.45) is 7.05 Å². The van der Waals surface area contributed by atoms with E-state index in [1.807, 2.05) is 60.3 Å². The van der Waals surface area contributed by atoms with Crippen LogP contribution in [0.1, 0.15) is 11.5 Å². The van der Waals surface area contributed by atoms with Crippen molar-refractivity contribution < 1.29 is 14.0 Å². The number of hydrogen-bond acceptors (Lipinski definition) is 6. The summed E-state index contributed by atoms with van der Waals surface area (Å²) in [4.78, 5) is 4.55. The summed E-state index contributed by atoms with van der Waals surface area (Å²) in [5, 5.41) is 8.36. The number of methoxy groups -OCH3 is 2. The number of ether oxygens (including phenoxy) is 2. The highest BCUT2D eigenvalue weighted by atomic mass is 16.5. The highest BCUT2D eigenvalue weighted by molar-refractivity contribution is 5.67. The van der Waals surface area contributed by atoms with Crippen LogP contribution in [-0.2, 0) is 13.5 Å². The van der Waals surface area contributed by atoms with Gasteiger partial charge in [-0.1, -0.05) is 23.4 Å². The summed E-state index contributed by atoms with van der Waals surface area (Å²) in [6, 6.07) is 15.6. The Hall–Kier alpha value is -3.61. The summed E-state index contributed by atoms with van der Waals surface area (Å²) >= 11 is 0. The van der Waals surface area contributed by atoms with Gasteiger partial charge in [-0.15, -0.1) is 0 Å². The molecule has 0 spiro atoms. The fraction of sp³-hybridized carbons (Fsp3) is 0.190. The number of nitrogens with zero attached hydrogens (tertiary/aromatic N) is 4. The zero-order valence-electron chi connectivity index (χ0n) is 15.9. The molecule has 0 radical (unpaired) electrons. The molecular weight excluding hydrogens is 356 g/mol. The smallest absolute Gasteiger partial charge is 0.231 e. The van der Waals surface area contributed by atoms with E-state index in [-0.39, 0.29) is 0 Å². The third-order valence-corrected chi connectivity index (χ3v) is 4.47. The SMILES string of the molecule is COc1cc(Cc2nc(-c3cccc(-c4ccnn4C)c3)no2)cc(OC)c1. The molecule has 0 N–H and O–H groups in total. The summed E-state index contributed by atoms with van der Waals surface area (Å²) in [6.07, 6.45) is 2.26. The Kier molecular flexibility index (Phi) is 4.80. The Labute approximate surface area is 162 Å². The Morgan fingerprint density at radius 2 is 1.71 bits per heavy atom. The van der Waals surface area contributed by atoms with Gasteiger partial charge in [0.1, 0.15) is 11.5 Å². The molecule has 4 aromatic rings. The maximum Gasteiger partial charge on any atom is 0.231 e. The molecule has 2 aromatic carbocycles. The predicted molar refractivity (Wildman–Crippen MR) is 104 cm³/mol. The number of aryl methyl sites for hydroxylation is 1. The minimum absolute atomic E-state index is 0.488. The Morgan fingerprint density at radius 1 is 0.964 bits per heavy atom. The molecule has 0 aliphatic carbocycles. The average molecular weight is 376 g/mol. The fourth-order valence-electron chi connectivity index (χ4n) is 3.06. The first kappa shape index (κ1) is 17.8. The van der Waals surface area contributed by atoms with Crippen LogP contribution in [0.2, 0.25) is 0 Å². The van der Waals surface area contributed by atoms with E-state index >= 15 is 0 Å². The molecule has 0 atom stereocenters. The van der Waals surface area contributed by atoms with Crippen molar-refractivity contribution in [2.45, 2.75) is 6.42 Å². The van der Waals surface area contributed by atoms with E-state index in [4.69, 9.17) is 14.0 Å². The molecule has 2 heterocycles. The van der Waals surface area contributed by atoms with Crippen LogP contribution in [0.4, 0.5) is 0 Å². The van der Waals surface area contributed by atoms with E-state index in [9.17, 15) is 0 Å². The van der Waals surface area contributed by atoms with Crippen LogP contribution < -0.4 is 9.47 Å². The van der Waals surface area contributed by atoms with Crippen LogP contribution in [-0.4, -0.2) is 34.1 Å². The van der Waals surface area contributed by atoms with Crippen molar-refractivity contribution >= 4 is 0 Å². The maximum atomic E-state index is 5.46. The van der Waals surface area contributed by atoms with Gasteiger partial charge in [-0.05, 0) is 29.8 Å². The molecule has 0 amide bonds. The highest BCUT2D eigenvalue weighted by Gasteiger charge is 2.12. The average Bonchev–Trinajstić information content (AvgIpc) is 3.36. The van der Waals surface area contributed by atoms with Gasteiger partial charge in [-0.25, -0.2) is 0 Å². The highest BCUT2D eigenvalue weighted by Crippen LogP contribution is 2.26. The van der Waals surface area contributed by atoms with Crippen LogP contribution in [0.25, 0.3) is 22.6 Å². The molecule has 7 heteroatoms. The largest absolute Gasteiger partial charge is 0.497 e. The van der Waals surface area contributed by atoms with Crippen LogP contribution in [0.5, 0.6) is 11.5 Å². The van der Waals surface area contributed by atoms with E-state index in [1.54, 1.807) is 20.4 Å². The van der Waals surface area contributed by atoms with E-state index < -0.39 is 0 Å². The second kappa shape index (κ2) is 7.56. The quantitative estimate of drug-likeness (QED) is 0.510. The molecule has 0 aliphatic rings. The monoisotopic (exact) mass is 376 g/mol. The lowest BCUT2D eigenvalue weighted by Crippen LogP contribution is -1.94. The second-order valence-corrected chi connectivity index (χ2v) is 6.33. The molecular formula is C21H20N4O3. The summed E-state index contributed by atoms with van der Waals surface area (Å²) in [5.74, 6) is 2.51. The van der Waals surface area contributed by atoms with Crippen LogP contribution >= 0.6 is 0 Å². The lowest BCUT2D eigenvalue weighted by Gasteiger charge is -2.06. The molecule has 2 aromatic heterocycles. The first-order valence-electron chi connectivity index (χ1n) is 8.79. The van der Waals surface area contributed by atoms with Crippen molar-refractivity contribution in [3.8, 4) is 34.1 Å². The molecule has 4 rings (SSSR count). The summed E-state index contributed by atoms with van der Waals surface area (Å²) < 4.78 is 17.9. The van der Waals surface area contributed by atoms with Gasteiger partial charge in [0.05, 0.1) is 26.3 Å². The maximum absolute atomic E-state index is 5.46. The molecule has 7 nitrogen and oxygen atoms in total. The van der Waals surface area contributed by atoms with E-state index in [2.05, 4.69) is 15.2 Å². The summed E-state index contributed by atoms with van der Waals surface area (Å²) in [5.41, 5.74) is 3.92. The zero-order valence-corrected chi connectivity index (χ0v) is 15.9.